The number of anilines is 1. The van der Waals surface area contributed by atoms with Gasteiger partial charge in [0.2, 0.25) is 0 Å². The lowest BCUT2D eigenvalue weighted by atomic mass is 9.90. The van der Waals surface area contributed by atoms with Crippen LogP contribution in [0.5, 0.6) is 0 Å². The third kappa shape index (κ3) is 7.05. The molecule has 1 heterocycles. The van der Waals surface area contributed by atoms with Crippen LogP contribution in [0.3, 0.4) is 0 Å². The van der Waals surface area contributed by atoms with E-state index in [0.29, 0.717) is 12.1 Å². The summed E-state index contributed by atoms with van der Waals surface area (Å²) >= 11 is 5.45. The van der Waals surface area contributed by atoms with Crippen molar-refractivity contribution >= 4 is 23.0 Å². The molecule has 0 bridgehead atoms. The summed E-state index contributed by atoms with van der Waals surface area (Å²) in [5.41, 5.74) is -1.31. The summed E-state index contributed by atoms with van der Waals surface area (Å²) in [6.07, 6.45) is -6.73. The fourth-order valence-electron chi connectivity index (χ4n) is 4.80. The summed E-state index contributed by atoms with van der Waals surface area (Å²) in [6, 6.07) is 20.0. The molecule has 2 atom stereocenters. The van der Waals surface area contributed by atoms with E-state index >= 15 is 0 Å². The molecule has 10 heteroatoms. The Morgan fingerprint density at radius 3 is 1.71 bits per heavy atom. The van der Waals surface area contributed by atoms with E-state index in [1.165, 1.54) is 0 Å². The number of rotatable bonds is 6. The Morgan fingerprint density at radius 2 is 1.21 bits per heavy atom. The van der Waals surface area contributed by atoms with Crippen molar-refractivity contribution in [3.8, 4) is 0 Å². The number of benzene rings is 3. The van der Waals surface area contributed by atoms with Crippen molar-refractivity contribution in [2.45, 2.75) is 43.7 Å². The highest BCUT2D eigenvalue weighted by Crippen LogP contribution is 2.39. The van der Waals surface area contributed by atoms with Gasteiger partial charge >= 0.3 is 12.4 Å². The van der Waals surface area contributed by atoms with E-state index in [1.54, 1.807) is 0 Å². The second-order valence-electron chi connectivity index (χ2n) is 9.23. The molecule has 1 aliphatic rings. The molecule has 1 fully saturated rings. The lowest BCUT2D eigenvalue weighted by molar-refractivity contribution is -0.143. The predicted molar refractivity (Wildman–Crippen MR) is 140 cm³/mol. The molecule has 0 amide bonds. The minimum Gasteiger partial charge on any atom is -0.354 e. The summed E-state index contributed by atoms with van der Waals surface area (Å²) in [6.45, 7) is 1.71. The highest BCUT2D eigenvalue weighted by Gasteiger charge is 2.37. The van der Waals surface area contributed by atoms with Crippen molar-refractivity contribution in [3.05, 3.63) is 101 Å². The van der Waals surface area contributed by atoms with E-state index in [2.05, 4.69) is 15.5 Å². The second kappa shape index (κ2) is 11.7. The first-order valence-corrected chi connectivity index (χ1v) is 12.6. The predicted octanol–water partition coefficient (Wildman–Crippen LogP) is 7.98. The number of likely N-dealkylation sites (tertiary alicyclic amines) is 1. The van der Waals surface area contributed by atoms with Crippen LogP contribution < -0.4 is 10.6 Å². The molecule has 3 aromatic rings. The fraction of sp³-hybridized carbons (Fsp3) is 0.321. The number of halogens is 6. The van der Waals surface area contributed by atoms with Crippen LogP contribution in [-0.4, -0.2) is 23.1 Å². The zero-order valence-electron chi connectivity index (χ0n) is 20.3. The molecule has 2 N–H and O–H groups in total. The largest absolute Gasteiger partial charge is 0.416 e. The number of piperidine rings is 1. The molecule has 4 rings (SSSR count). The van der Waals surface area contributed by atoms with E-state index in [1.807, 2.05) is 60.7 Å². The SMILES string of the molecule is FC(F)(F)c1cc(NC(=S)N[C@H](c2ccccc2)[C@@H](c2ccccc2)N2CCCCC2)cc(C(F)(F)F)c1. The molecule has 1 aliphatic heterocycles. The maximum absolute atomic E-state index is 13.4. The molecule has 3 aromatic carbocycles. The van der Waals surface area contributed by atoms with Crippen LogP contribution in [0.4, 0.5) is 32.0 Å². The molecular formula is C28H27F6N3S. The first-order chi connectivity index (χ1) is 18.0. The van der Waals surface area contributed by atoms with Gasteiger partial charge in [0.1, 0.15) is 0 Å². The molecule has 202 valence electrons. The van der Waals surface area contributed by atoms with Crippen molar-refractivity contribution in [1.82, 2.24) is 10.2 Å². The molecule has 3 nitrogen and oxygen atoms in total. The van der Waals surface area contributed by atoms with Crippen LogP contribution in [-0.2, 0) is 12.4 Å². The quantitative estimate of drug-likeness (QED) is 0.240. The molecule has 38 heavy (non-hydrogen) atoms. The maximum atomic E-state index is 13.4. The van der Waals surface area contributed by atoms with Crippen LogP contribution in [0, 0.1) is 0 Å². The molecule has 0 aliphatic carbocycles. The molecule has 1 saturated heterocycles. The number of hydrogen-bond donors (Lipinski definition) is 2. The minimum atomic E-state index is -4.95. The summed E-state index contributed by atoms with van der Waals surface area (Å²) < 4.78 is 80.1. The summed E-state index contributed by atoms with van der Waals surface area (Å²) in [5, 5.41) is 5.71. The Kier molecular flexibility index (Phi) is 8.62. The summed E-state index contributed by atoms with van der Waals surface area (Å²) in [5.74, 6) is 0. The van der Waals surface area contributed by atoms with Crippen LogP contribution in [0.25, 0.3) is 0 Å². The average Bonchev–Trinajstić information content (AvgIpc) is 2.89. The molecule has 0 saturated carbocycles. The van der Waals surface area contributed by atoms with Crippen molar-refractivity contribution in [2.24, 2.45) is 0 Å². The van der Waals surface area contributed by atoms with E-state index in [4.69, 9.17) is 12.2 Å². The van der Waals surface area contributed by atoms with Gasteiger partial charge in [-0.3, -0.25) is 4.90 Å². The van der Waals surface area contributed by atoms with E-state index in [9.17, 15) is 26.3 Å². The van der Waals surface area contributed by atoms with Gasteiger partial charge in [0.15, 0.2) is 5.11 Å². The van der Waals surface area contributed by atoms with Crippen LogP contribution in [0.1, 0.15) is 53.6 Å². The van der Waals surface area contributed by atoms with Gasteiger partial charge in [0.25, 0.3) is 0 Å². The molecule has 0 unspecified atom stereocenters. The number of nitrogens with zero attached hydrogens (tertiary/aromatic N) is 1. The first kappa shape index (κ1) is 27.9. The Labute approximate surface area is 222 Å². The smallest absolute Gasteiger partial charge is 0.354 e. The minimum absolute atomic E-state index is 0.0794. The topological polar surface area (TPSA) is 27.3 Å². The normalized spacial score (nSPS) is 16.5. The molecule has 0 aromatic heterocycles. The number of hydrogen-bond acceptors (Lipinski definition) is 2. The highest BCUT2D eigenvalue weighted by molar-refractivity contribution is 7.80. The number of nitrogens with one attached hydrogen (secondary N) is 2. The van der Waals surface area contributed by atoms with Crippen molar-refractivity contribution in [1.29, 1.82) is 0 Å². The average molecular weight is 552 g/mol. The van der Waals surface area contributed by atoms with Gasteiger partial charge in [-0.05, 0) is 67.5 Å². The standard InChI is InChI=1S/C28H27F6N3S/c29-27(30,31)21-16-22(28(32,33)34)18-23(17-21)35-26(38)36-24(19-10-4-1-5-11-19)25(20-12-6-2-7-13-20)37-14-8-3-9-15-37/h1-2,4-7,10-13,16-18,24-25H,3,8-9,14-15H2,(H2,35,36,38)/t24-,25-/m1/s1. The number of alkyl halides is 6. The van der Waals surface area contributed by atoms with Gasteiger partial charge in [-0.1, -0.05) is 67.1 Å². The third-order valence-electron chi connectivity index (χ3n) is 6.53. The van der Waals surface area contributed by atoms with Crippen molar-refractivity contribution in [3.63, 3.8) is 0 Å². The second-order valence-corrected chi connectivity index (χ2v) is 9.64. The van der Waals surface area contributed by atoms with Gasteiger partial charge in [-0.15, -0.1) is 0 Å². The van der Waals surface area contributed by atoms with Gasteiger partial charge in [-0.25, -0.2) is 0 Å². The number of thiocarbonyl (C=S) groups is 1. The van der Waals surface area contributed by atoms with E-state index in [0.717, 1.165) is 43.5 Å². The first-order valence-electron chi connectivity index (χ1n) is 12.2. The monoisotopic (exact) mass is 551 g/mol. The van der Waals surface area contributed by atoms with Crippen LogP contribution in [0.15, 0.2) is 78.9 Å². The lowest BCUT2D eigenvalue weighted by Crippen LogP contribution is -2.44. The molecule has 0 radical (unpaired) electrons. The summed E-state index contributed by atoms with van der Waals surface area (Å²) in [7, 11) is 0. The Balaban J connectivity index is 1.68. The Bertz CT molecular complexity index is 1180. The zero-order valence-corrected chi connectivity index (χ0v) is 21.1. The lowest BCUT2D eigenvalue weighted by Gasteiger charge is -2.40. The maximum Gasteiger partial charge on any atom is 0.416 e. The van der Waals surface area contributed by atoms with E-state index in [-0.39, 0.29) is 17.2 Å². The van der Waals surface area contributed by atoms with Crippen LogP contribution in [0.2, 0.25) is 0 Å². The summed E-state index contributed by atoms with van der Waals surface area (Å²) in [4.78, 5) is 2.35. The van der Waals surface area contributed by atoms with Gasteiger partial charge < -0.3 is 10.6 Å². The van der Waals surface area contributed by atoms with Crippen LogP contribution >= 0.6 is 12.2 Å². The van der Waals surface area contributed by atoms with Gasteiger partial charge in [0, 0.05) is 5.69 Å². The zero-order chi connectivity index (χ0) is 27.3. The Morgan fingerprint density at radius 1 is 0.711 bits per heavy atom. The van der Waals surface area contributed by atoms with Crippen molar-refractivity contribution < 1.29 is 26.3 Å². The molecular weight excluding hydrogens is 524 g/mol. The van der Waals surface area contributed by atoms with Gasteiger partial charge in [-0.2, -0.15) is 26.3 Å². The fourth-order valence-corrected chi connectivity index (χ4v) is 5.05. The van der Waals surface area contributed by atoms with Gasteiger partial charge in [0.05, 0.1) is 23.2 Å². The molecule has 0 spiro atoms. The third-order valence-corrected chi connectivity index (χ3v) is 6.75. The van der Waals surface area contributed by atoms with Crippen molar-refractivity contribution in [2.75, 3.05) is 18.4 Å². The van der Waals surface area contributed by atoms with E-state index < -0.39 is 35.2 Å². The Hall–Kier alpha value is -3.11. The highest BCUT2D eigenvalue weighted by atomic mass is 32.1.